The van der Waals surface area contributed by atoms with Crippen LogP contribution in [0.3, 0.4) is 0 Å². The lowest BCUT2D eigenvalue weighted by atomic mass is 9.69. The van der Waals surface area contributed by atoms with Crippen LogP contribution < -0.4 is 4.74 Å². The molecule has 1 amide bonds. The number of amides is 1. The van der Waals surface area contributed by atoms with Crippen molar-refractivity contribution in [1.29, 1.82) is 0 Å². The van der Waals surface area contributed by atoms with E-state index in [4.69, 9.17) is 9.57 Å². The molecule has 5 atom stereocenters. The molecule has 3 fully saturated rings. The molecule has 0 unspecified atom stereocenters. The number of nitrogens with zero attached hydrogens (tertiary/aromatic N) is 5. The number of carbonyl (C=O) groups excluding carboxylic acids is 1. The molecule has 2 saturated heterocycles. The molecule has 1 spiro atoms. The summed E-state index contributed by atoms with van der Waals surface area (Å²) in [5.74, 6) is 2.45. The maximum Gasteiger partial charge on any atom is 0.243 e. The Morgan fingerprint density at radius 1 is 1.24 bits per heavy atom. The Labute approximate surface area is 195 Å². The number of hydrogen-bond acceptors (Lipinski definition) is 6. The number of methoxy groups -OCH3 is 1. The zero-order valence-electron chi connectivity index (χ0n) is 20.3. The van der Waals surface area contributed by atoms with Crippen LogP contribution in [0, 0.1) is 17.8 Å². The molecule has 33 heavy (non-hydrogen) atoms. The normalized spacial score (nSPS) is 32.2. The summed E-state index contributed by atoms with van der Waals surface area (Å²) in [5.41, 5.74) is 1.45. The second kappa shape index (κ2) is 8.40. The number of fused-ring (bicyclic) bond motifs is 2. The maximum absolute atomic E-state index is 13.3. The van der Waals surface area contributed by atoms with Crippen molar-refractivity contribution in [2.75, 3.05) is 14.2 Å². The Morgan fingerprint density at radius 3 is 2.70 bits per heavy atom. The van der Waals surface area contributed by atoms with E-state index in [0.29, 0.717) is 30.7 Å². The number of benzene rings is 1. The number of hydrogen-bond donors (Lipinski definition) is 0. The molecule has 1 aromatic heterocycles. The maximum atomic E-state index is 13.3. The second-order valence-electron chi connectivity index (χ2n) is 10.4. The molecule has 8 nitrogen and oxygen atoms in total. The first kappa shape index (κ1) is 22.3. The van der Waals surface area contributed by atoms with Crippen LogP contribution in [0.2, 0.25) is 0 Å². The first-order valence-electron chi connectivity index (χ1n) is 12.1. The Hall–Kier alpha value is -2.45. The largest absolute Gasteiger partial charge is 0.497 e. The molecule has 8 heteroatoms. The fourth-order valence-corrected chi connectivity index (χ4v) is 6.31. The minimum atomic E-state index is -0.348. The number of ether oxygens (including phenoxy) is 1. The van der Waals surface area contributed by atoms with Crippen molar-refractivity contribution in [3.05, 3.63) is 30.5 Å². The van der Waals surface area contributed by atoms with Crippen molar-refractivity contribution in [3.8, 4) is 17.0 Å². The highest BCUT2D eigenvalue weighted by Crippen LogP contribution is 2.53. The Bertz CT molecular complexity index is 1010. The number of hydroxylamine groups is 2. The average Bonchev–Trinajstić information content (AvgIpc) is 3.49. The summed E-state index contributed by atoms with van der Waals surface area (Å²) in [6.45, 7) is 7.42. The monoisotopic (exact) mass is 453 g/mol. The van der Waals surface area contributed by atoms with Gasteiger partial charge in [-0.15, -0.1) is 5.10 Å². The van der Waals surface area contributed by atoms with Crippen LogP contribution >= 0.6 is 0 Å². The number of aromatic nitrogens is 3. The van der Waals surface area contributed by atoms with Crippen molar-refractivity contribution in [2.45, 2.75) is 70.8 Å². The van der Waals surface area contributed by atoms with Crippen LogP contribution in [0.1, 0.15) is 46.5 Å². The van der Waals surface area contributed by atoms with Gasteiger partial charge in [0.05, 0.1) is 19.9 Å². The third-order valence-corrected chi connectivity index (χ3v) is 7.94. The minimum Gasteiger partial charge on any atom is -0.497 e. The van der Waals surface area contributed by atoms with Gasteiger partial charge >= 0.3 is 0 Å². The zero-order valence-corrected chi connectivity index (χ0v) is 20.3. The van der Waals surface area contributed by atoms with Gasteiger partial charge in [0.2, 0.25) is 5.91 Å². The molecule has 3 aliphatic rings. The third kappa shape index (κ3) is 3.64. The fourth-order valence-electron chi connectivity index (χ4n) is 6.31. The summed E-state index contributed by atoms with van der Waals surface area (Å²) in [6.07, 6.45) is 5.83. The van der Waals surface area contributed by atoms with Crippen LogP contribution in [0.5, 0.6) is 5.75 Å². The molecular formula is C25H35N5O3. The molecule has 1 aliphatic carbocycles. The predicted octanol–water partition coefficient (Wildman–Crippen LogP) is 3.59. The number of likely N-dealkylation sites (N-methyl/N-ethyl adjacent to an activating group) is 1. The average molecular weight is 454 g/mol. The van der Waals surface area contributed by atoms with Crippen LogP contribution in [0.15, 0.2) is 30.5 Å². The predicted molar refractivity (Wildman–Crippen MR) is 124 cm³/mol. The van der Waals surface area contributed by atoms with Crippen LogP contribution in [0.25, 0.3) is 11.3 Å². The van der Waals surface area contributed by atoms with Crippen molar-refractivity contribution >= 4 is 5.91 Å². The second-order valence-corrected chi connectivity index (χ2v) is 10.4. The van der Waals surface area contributed by atoms with Gasteiger partial charge < -0.3 is 9.64 Å². The van der Waals surface area contributed by atoms with Gasteiger partial charge in [-0.25, -0.2) is 4.68 Å². The molecule has 0 N–H and O–H groups in total. The molecule has 1 saturated carbocycles. The van der Waals surface area contributed by atoms with Crippen molar-refractivity contribution in [3.63, 3.8) is 0 Å². The molecular weight excluding hydrogens is 418 g/mol. The summed E-state index contributed by atoms with van der Waals surface area (Å²) >= 11 is 0. The first-order chi connectivity index (χ1) is 15.8. The van der Waals surface area contributed by atoms with Gasteiger partial charge in [-0.05, 0) is 48.9 Å². The van der Waals surface area contributed by atoms with Crippen LogP contribution in [-0.4, -0.2) is 62.8 Å². The molecule has 2 aliphatic heterocycles. The molecule has 0 bridgehead atoms. The van der Waals surface area contributed by atoms with E-state index >= 15 is 0 Å². The molecule has 5 rings (SSSR count). The molecule has 2 aromatic rings. The van der Waals surface area contributed by atoms with Crippen molar-refractivity contribution in [1.82, 2.24) is 25.0 Å². The summed E-state index contributed by atoms with van der Waals surface area (Å²) in [7, 11) is 3.63. The molecule has 3 heterocycles. The van der Waals surface area contributed by atoms with Gasteiger partial charge in [0.15, 0.2) is 0 Å². The van der Waals surface area contributed by atoms with E-state index in [1.165, 1.54) is 6.42 Å². The van der Waals surface area contributed by atoms with Gasteiger partial charge in [0.25, 0.3) is 0 Å². The summed E-state index contributed by atoms with van der Waals surface area (Å²) in [4.78, 5) is 21.9. The Morgan fingerprint density at radius 2 is 2.00 bits per heavy atom. The van der Waals surface area contributed by atoms with E-state index in [0.717, 1.165) is 29.8 Å². The fraction of sp³-hybridized carbons (Fsp3) is 0.640. The van der Waals surface area contributed by atoms with Crippen molar-refractivity contribution in [2.24, 2.45) is 17.8 Å². The zero-order chi connectivity index (χ0) is 23.3. The lowest BCUT2D eigenvalue weighted by Gasteiger charge is -2.52. The smallest absolute Gasteiger partial charge is 0.243 e. The highest BCUT2D eigenvalue weighted by Gasteiger charge is 2.64. The van der Waals surface area contributed by atoms with Gasteiger partial charge in [-0.1, -0.05) is 32.4 Å². The number of carbonyl (C=O) groups is 1. The Balaban J connectivity index is 1.34. The van der Waals surface area contributed by atoms with E-state index in [9.17, 15) is 4.79 Å². The Kier molecular flexibility index (Phi) is 5.69. The quantitative estimate of drug-likeness (QED) is 0.689. The van der Waals surface area contributed by atoms with Gasteiger partial charge in [0, 0.05) is 24.9 Å². The van der Waals surface area contributed by atoms with Gasteiger partial charge in [0.1, 0.15) is 29.3 Å². The van der Waals surface area contributed by atoms with Gasteiger partial charge in [-0.3, -0.25) is 9.63 Å². The lowest BCUT2D eigenvalue weighted by Crippen LogP contribution is -2.61. The summed E-state index contributed by atoms with van der Waals surface area (Å²) < 4.78 is 7.06. The van der Waals surface area contributed by atoms with E-state index in [2.05, 4.69) is 36.1 Å². The SMILES string of the molecule is COc1ccc(-c2cn(C[C@@H]3C[C@H]4C(=O)N(C)[C@@]5(C[C@H](C)CC[C@H]5C(C)C)N4O3)nn2)cc1. The molecule has 178 valence electrons. The van der Waals surface area contributed by atoms with Crippen LogP contribution in [0.4, 0.5) is 0 Å². The molecule has 1 aromatic carbocycles. The highest BCUT2D eigenvalue weighted by atomic mass is 16.7. The topological polar surface area (TPSA) is 72.7 Å². The van der Waals surface area contributed by atoms with E-state index in [1.807, 2.05) is 47.1 Å². The summed E-state index contributed by atoms with van der Waals surface area (Å²) in [6, 6.07) is 7.58. The minimum absolute atomic E-state index is 0.0972. The first-order valence-corrected chi connectivity index (χ1v) is 12.1. The van der Waals surface area contributed by atoms with Crippen LogP contribution in [-0.2, 0) is 16.2 Å². The lowest BCUT2D eigenvalue weighted by molar-refractivity contribution is -0.265. The standard InChI is InChI=1S/C25H35N5O3/c1-16(2)21-11-6-17(3)13-25(21)28(4)24(31)23-12-20(33-30(23)25)14-29-15-22(26-27-29)18-7-9-19(32-5)10-8-18/h7-10,15-17,20-21,23H,6,11-14H2,1-5H3/t17-,20+,21+,23+,25+/m1/s1. The van der Waals surface area contributed by atoms with E-state index in [1.54, 1.807) is 7.11 Å². The van der Waals surface area contributed by atoms with E-state index < -0.39 is 0 Å². The third-order valence-electron chi connectivity index (χ3n) is 7.94. The van der Waals surface area contributed by atoms with Gasteiger partial charge in [-0.2, -0.15) is 5.06 Å². The van der Waals surface area contributed by atoms with Crippen molar-refractivity contribution < 1.29 is 14.4 Å². The highest BCUT2D eigenvalue weighted by molar-refractivity contribution is 5.85. The summed E-state index contributed by atoms with van der Waals surface area (Å²) in [5, 5.41) is 10.8. The molecule has 0 radical (unpaired) electrons. The van der Waals surface area contributed by atoms with E-state index in [-0.39, 0.29) is 23.7 Å². The number of rotatable bonds is 5.